The standard InChI is InChI=1S/C8H11NO6S2/c1-2-9-6-4-3-5-8(9)17(13,14)15-7-16(10,11)12/h3-6H,2,7H2,1H3. The van der Waals surface area contributed by atoms with Crippen LogP contribution in [0.5, 0.6) is 0 Å². The molecule has 0 amide bonds. The van der Waals surface area contributed by atoms with E-state index in [0.717, 1.165) is 0 Å². The largest absolute Gasteiger partial charge is 0.746 e. The highest BCUT2D eigenvalue weighted by atomic mass is 32.2. The predicted octanol–water partition coefficient (Wildman–Crippen LogP) is -0.798. The van der Waals surface area contributed by atoms with Gasteiger partial charge in [-0.15, -0.1) is 0 Å². The molecular weight excluding hydrogens is 270 g/mol. The maximum atomic E-state index is 11.6. The lowest BCUT2D eigenvalue weighted by Crippen LogP contribution is -2.39. The highest BCUT2D eigenvalue weighted by molar-refractivity contribution is 7.89. The molecule has 9 heteroatoms. The van der Waals surface area contributed by atoms with Gasteiger partial charge in [-0.1, -0.05) is 0 Å². The first kappa shape index (κ1) is 14.0. The van der Waals surface area contributed by atoms with E-state index in [1.54, 1.807) is 13.0 Å². The van der Waals surface area contributed by atoms with Gasteiger partial charge in [0.15, 0.2) is 12.1 Å². The van der Waals surface area contributed by atoms with Gasteiger partial charge in [0.2, 0.25) is 0 Å². The fourth-order valence-corrected chi connectivity index (χ4v) is 2.95. The molecule has 1 heterocycles. The minimum absolute atomic E-state index is 0.203. The summed E-state index contributed by atoms with van der Waals surface area (Å²) in [4.78, 5) is 0. The molecule has 0 saturated heterocycles. The predicted molar refractivity (Wildman–Crippen MR) is 55.1 cm³/mol. The van der Waals surface area contributed by atoms with Crippen LogP contribution in [0, 0.1) is 0 Å². The lowest BCUT2D eigenvalue weighted by Gasteiger charge is -2.07. The summed E-state index contributed by atoms with van der Waals surface area (Å²) in [6, 6.07) is 4.34. The summed E-state index contributed by atoms with van der Waals surface area (Å²) in [6.07, 6.45) is 1.50. The Hall–Kier alpha value is -1.03. The molecule has 1 aromatic heterocycles. The first-order valence-corrected chi connectivity index (χ1v) is 7.56. The van der Waals surface area contributed by atoms with Crippen molar-refractivity contribution in [3.8, 4) is 0 Å². The maximum absolute atomic E-state index is 11.6. The van der Waals surface area contributed by atoms with Crippen LogP contribution in [0.2, 0.25) is 0 Å². The molecule has 17 heavy (non-hydrogen) atoms. The van der Waals surface area contributed by atoms with Crippen LogP contribution < -0.4 is 4.57 Å². The first-order chi connectivity index (χ1) is 7.76. The summed E-state index contributed by atoms with van der Waals surface area (Å²) in [7, 11) is -9.00. The van der Waals surface area contributed by atoms with Crippen LogP contribution in [0.15, 0.2) is 29.4 Å². The Kier molecular flexibility index (Phi) is 4.20. The lowest BCUT2D eigenvalue weighted by atomic mass is 10.5. The van der Waals surface area contributed by atoms with Gasteiger partial charge < -0.3 is 4.55 Å². The highest BCUT2D eigenvalue weighted by Crippen LogP contribution is 2.07. The van der Waals surface area contributed by atoms with Crippen molar-refractivity contribution < 1.29 is 30.1 Å². The Labute approximate surface area is 99.5 Å². The van der Waals surface area contributed by atoms with Gasteiger partial charge in [0.25, 0.3) is 0 Å². The molecule has 0 saturated carbocycles. The van der Waals surface area contributed by atoms with Crippen molar-refractivity contribution in [1.29, 1.82) is 0 Å². The molecule has 0 aliphatic heterocycles. The summed E-state index contributed by atoms with van der Waals surface area (Å²) < 4.78 is 59.7. The molecule has 1 aromatic rings. The van der Waals surface area contributed by atoms with Crippen LogP contribution in [-0.4, -0.2) is 27.3 Å². The third kappa shape index (κ3) is 4.04. The van der Waals surface area contributed by atoms with Gasteiger partial charge in [-0.3, -0.25) is 0 Å². The minimum atomic E-state index is -4.75. The zero-order chi connectivity index (χ0) is 13.1. The van der Waals surface area contributed by atoms with E-state index in [2.05, 4.69) is 4.18 Å². The van der Waals surface area contributed by atoms with Crippen molar-refractivity contribution in [2.75, 3.05) is 5.94 Å². The van der Waals surface area contributed by atoms with E-state index in [1.165, 1.54) is 22.9 Å². The van der Waals surface area contributed by atoms with E-state index < -0.39 is 26.2 Å². The Morgan fingerprint density at radius 3 is 2.47 bits per heavy atom. The monoisotopic (exact) mass is 281 g/mol. The van der Waals surface area contributed by atoms with Crippen molar-refractivity contribution in [3.05, 3.63) is 24.4 Å². The van der Waals surface area contributed by atoms with Gasteiger partial charge in [-0.25, -0.2) is 12.6 Å². The van der Waals surface area contributed by atoms with E-state index in [9.17, 15) is 21.4 Å². The molecule has 0 aliphatic carbocycles. The summed E-state index contributed by atoms with van der Waals surface area (Å²) in [6.45, 7) is 2.08. The summed E-state index contributed by atoms with van der Waals surface area (Å²) in [5, 5.41) is -0.203. The van der Waals surface area contributed by atoms with Crippen LogP contribution in [0.4, 0.5) is 0 Å². The average Bonchev–Trinajstić information content (AvgIpc) is 2.26. The van der Waals surface area contributed by atoms with Crippen molar-refractivity contribution >= 4 is 20.2 Å². The fourth-order valence-electron chi connectivity index (χ4n) is 1.13. The fraction of sp³-hybridized carbons (Fsp3) is 0.375. The second-order valence-electron chi connectivity index (χ2n) is 3.07. The summed E-state index contributed by atoms with van der Waals surface area (Å²) in [5.74, 6) is -1.41. The second kappa shape index (κ2) is 5.08. The van der Waals surface area contributed by atoms with E-state index in [-0.39, 0.29) is 5.03 Å². The molecule has 0 aromatic carbocycles. The quantitative estimate of drug-likeness (QED) is 0.397. The third-order valence-corrected chi connectivity index (χ3v) is 3.71. The minimum Gasteiger partial charge on any atom is -0.746 e. The molecular formula is C8H11NO6S2. The molecule has 0 unspecified atom stereocenters. The van der Waals surface area contributed by atoms with Gasteiger partial charge in [0.1, 0.15) is 16.7 Å². The number of hydrogen-bond acceptors (Lipinski definition) is 6. The molecule has 0 fully saturated rings. The van der Waals surface area contributed by atoms with Crippen LogP contribution in [0.3, 0.4) is 0 Å². The van der Waals surface area contributed by atoms with Crippen LogP contribution in [-0.2, 0) is 31.0 Å². The number of aryl methyl sites for hydroxylation is 1. The molecule has 0 aliphatic rings. The molecule has 7 nitrogen and oxygen atoms in total. The van der Waals surface area contributed by atoms with Gasteiger partial charge >= 0.3 is 15.1 Å². The Balaban J connectivity index is 3.06. The molecule has 1 rings (SSSR count). The Morgan fingerprint density at radius 1 is 1.29 bits per heavy atom. The molecule has 0 atom stereocenters. The van der Waals surface area contributed by atoms with E-state index in [1.807, 2.05) is 0 Å². The van der Waals surface area contributed by atoms with Gasteiger partial charge in [-0.05, 0) is 13.0 Å². The SMILES string of the molecule is CC[n+]1ccccc1S(=O)(=O)OCS(=O)(=O)[O-]. The Morgan fingerprint density at radius 2 is 1.94 bits per heavy atom. The van der Waals surface area contributed by atoms with Crippen LogP contribution in [0.1, 0.15) is 6.92 Å². The van der Waals surface area contributed by atoms with Crippen molar-refractivity contribution in [2.45, 2.75) is 18.5 Å². The molecule has 0 bridgehead atoms. The van der Waals surface area contributed by atoms with E-state index >= 15 is 0 Å². The van der Waals surface area contributed by atoms with E-state index in [0.29, 0.717) is 6.54 Å². The topological polar surface area (TPSA) is 104 Å². The van der Waals surface area contributed by atoms with Crippen molar-refractivity contribution in [3.63, 3.8) is 0 Å². The lowest BCUT2D eigenvalue weighted by molar-refractivity contribution is -0.730. The van der Waals surface area contributed by atoms with Crippen molar-refractivity contribution in [1.82, 2.24) is 0 Å². The number of hydrogen-bond donors (Lipinski definition) is 0. The van der Waals surface area contributed by atoms with Crippen LogP contribution >= 0.6 is 0 Å². The number of rotatable bonds is 5. The smallest absolute Gasteiger partial charge is 0.358 e. The van der Waals surface area contributed by atoms with Gasteiger partial charge in [0, 0.05) is 12.1 Å². The van der Waals surface area contributed by atoms with Crippen LogP contribution in [0.25, 0.3) is 0 Å². The normalized spacial score (nSPS) is 12.6. The summed E-state index contributed by atoms with van der Waals surface area (Å²) >= 11 is 0. The zero-order valence-electron chi connectivity index (χ0n) is 8.94. The third-order valence-electron chi connectivity index (χ3n) is 1.84. The average molecular weight is 281 g/mol. The van der Waals surface area contributed by atoms with Crippen molar-refractivity contribution in [2.24, 2.45) is 0 Å². The molecule has 0 N–H and O–H groups in total. The second-order valence-corrected chi connectivity index (χ2v) is 5.99. The first-order valence-electron chi connectivity index (χ1n) is 4.58. The van der Waals surface area contributed by atoms with Gasteiger partial charge in [-0.2, -0.15) is 13.0 Å². The maximum Gasteiger partial charge on any atom is 0.358 e. The van der Waals surface area contributed by atoms with Gasteiger partial charge in [0.05, 0.1) is 0 Å². The zero-order valence-corrected chi connectivity index (χ0v) is 10.6. The number of aromatic nitrogens is 1. The molecule has 0 spiro atoms. The number of nitrogens with zero attached hydrogens (tertiary/aromatic N) is 1. The molecule has 0 radical (unpaired) electrons. The Bertz CT molecular complexity index is 592. The molecule has 96 valence electrons. The highest BCUT2D eigenvalue weighted by Gasteiger charge is 2.26. The van der Waals surface area contributed by atoms with E-state index in [4.69, 9.17) is 0 Å². The summed E-state index contributed by atoms with van der Waals surface area (Å²) in [5.41, 5.74) is 0. The number of pyridine rings is 1.